The number of rotatable bonds is 5. The molecule has 27 heavy (non-hydrogen) atoms. The molecule has 2 aromatic rings. The van der Waals surface area contributed by atoms with Gasteiger partial charge in [0.15, 0.2) is 11.6 Å². The van der Waals surface area contributed by atoms with Crippen molar-refractivity contribution in [3.8, 4) is 5.75 Å². The zero-order chi connectivity index (χ0) is 18.8. The van der Waals surface area contributed by atoms with Crippen molar-refractivity contribution >= 4 is 23.2 Å². The third-order valence-corrected chi connectivity index (χ3v) is 5.86. The van der Waals surface area contributed by atoms with Gasteiger partial charge < -0.3 is 9.64 Å². The molecule has 0 saturated carbocycles. The molecule has 4 rings (SSSR count). The Balaban J connectivity index is 1.39. The second-order valence-corrected chi connectivity index (χ2v) is 7.57. The van der Waals surface area contributed by atoms with Crippen LogP contribution in [0.15, 0.2) is 42.5 Å². The van der Waals surface area contributed by atoms with Crippen LogP contribution in [0.4, 0.5) is 0 Å². The minimum absolute atomic E-state index is 0.0238. The van der Waals surface area contributed by atoms with Crippen LogP contribution in [0.2, 0.25) is 5.02 Å². The third-order valence-electron chi connectivity index (χ3n) is 5.47. The van der Waals surface area contributed by atoms with Crippen LogP contribution < -0.4 is 4.74 Å². The Labute approximate surface area is 164 Å². The highest BCUT2D eigenvalue weighted by Gasteiger charge is 2.27. The first-order chi connectivity index (χ1) is 13.1. The van der Waals surface area contributed by atoms with E-state index in [1.165, 1.54) is 5.56 Å². The Morgan fingerprint density at radius 1 is 1.19 bits per heavy atom. The third kappa shape index (κ3) is 3.78. The molecule has 0 aliphatic carbocycles. The average Bonchev–Trinajstić information content (AvgIpc) is 3.16. The summed E-state index contributed by atoms with van der Waals surface area (Å²) in [5.41, 5.74) is 2.15. The normalized spacial score (nSPS) is 19.6. The first kappa shape index (κ1) is 18.2. The molecule has 0 N–H and O–H groups in total. The molecule has 0 amide bonds. The standard InChI is InChI=1S/C22H22ClNO3/c23-22-17(6-7-20-21(22)19(26)10-13-27-20)18(25)9-12-24-11-8-16(14-24)15-4-2-1-3-5-15/h1-7,16H,8-14H2. The molecule has 1 unspecified atom stereocenters. The Bertz CT molecular complexity index is 865. The number of hydrogen-bond donors (Lipinski definition) is 0. The molecule has 2 aromatic carbocycles. The SMILES string of the molecule is O=C(CCN1CCC(c2ccccc2)C1)c1ccc2c(c1Cl)C(=O)CCO2. The van der Waals surface area contributed by atoms with E-state index in [1.807, 2.05) is 6.07 Å². The molecule has 0 aromatic heterocycles. The fourth-order valence-corrected chi connectivity index (χ4v) is 4.33. The van der Waals surface area contributed by atoms with Crippen molar-refractivity contribution in [2.24, 2.45) is 0 Å². The van der Waals surface area contributed by atoms with Crippen molar-refractivity contribution < 1.29 is 14.3 Å². The smallest absolute Gasteiger partial charge is 0.171 e. The summed E-state index contributed by atoms with van der Waals surface area (Å²) in [7, 11) is 0. The molecule has 1 atom stereocenters. The van der Waals surface area contributed by atoms with Gasteiger partial charge in [-0.25, -0.2) is 0 Å². The van der Waals surface area contributed by atoms with Crippen molar-refractivity contribution in [1.29, 1.82) is 0 Å². The summed E-state index contributed by atoms with van der Waals surface area (Å²) in [5.74, 6) is 0.937. The zero-order valence-electron chi connectivity index (χ0n) is 15.1. The van der Waals surface area contributed by atoms with E-state index in [2.05, 4.69) is 29.2 Å². The molecule has 5 heteroatoms. The molecule has 0 spiro atoms. The summed E-state index contributed by atoms with van der Waals surface area (Å²) >= 11 is 6.38. The Morgan fingerprint density at radius 3 is 2.81 bits per heavy atom. The Hall–Kier alpha value is -2.17. The first-order valence-corrected chi connectivity index (χ1v) is 9.80. The number of carbonyl (C=O) groups excluding carboxylic acids is 2. The molecule has 2 heterocycles. The van der Waals surface area contributed by atoms with Crippen molar-refractivity contribution in [3.63, 3.8) is 0 Å². The molecule has 0 bridgehead atoms. The number of carbonyl (C=O) groups is 2. The van der Waals surface area contributed by atoms with Crippen molar-refractivity contribution in [1.82, 2.24) is 4.90 Å². The van der Waals surface area contributed by atoms with Crippen LogP contribution in [0.5, 0.6) is 5.75 Å². The maximum atomic E-state index is 12.7. The predicted octanol–water partition coefficient (Wildman–Crippen LogP) is 4.37. The molecule has 2 aliphatic rings. The number of halogens is 1. The maximum absolute atomic E-state index is 12.7. The van der Waals surface area contributed by atoms with E-state index < -0.39 is 0 Å². The van der Waals surface area contributed by atoms with Gasteiger partial charge in [0.2, 0.25) is 0 Å². The fourth-order valence-electron chi connectivity index (χ4n) is 3.96. The van der Waals surface area contributed by atoms with Gasteiger partial charge in [-0.15, -0.1) is 0 Å². The lowest BCUT2D eigenvalue weighted by Gasteiger charge is -2.19. The molecule has 2 aliphatic heterocycles. The number of ether oxygens (including phenoxy) is 1. The molecular formula is C22H22ClNO3. The zero-order valence-corrected chi connectivity index (χ0v) is 15.9. The monoisotopic (exact) mass is 383 g/mol. The summed E-state index contributed by atoms with van der Waals surface area (Å²) in [4.78, 5) is 27.2. The van der Waals surface area contributed by atoms with Gasteiger partial charge in [0.25, 0.3) is 0 Å². The second kappa shape index (κ2) is 7.83. The van der Waals surface area contributed by atoms with E-state index in [-0.39, 0.29) is 16.6 Å². The van der Waals surface area contributed by atoms with Crippen LogP contribution in [-0.4, -0.2) is 42.7 Å². The van der Waals surface area contributed by atoms with Gasteiger partial charge in [-0.2, -0.15) is 0 Å². The molecule has 0 radical (unpaired) electrons. The highest BCUT2D eigenvalue weighted by molar-refractivity contribution is 6.37. The van der Waals surface area contributed by atoms with E-state index in [4.69, 9.17) is 16.3 Å². The van der Waals surface area contributed by atoms with Crippen LogP contribution in [0.25, 0.3) is 0 Å². The van der Waals surface area contributed by atoms with Gasteiger partial charge in [0, 0.05) is 31.5 Å². The van der Waals surface area contributed by atoms with E-state index >= 15 is 0 Å². The van der Waals surface area contributed by atoms with E-state index in [9.17, 15) is 9.59 Å². The van der Waals surface area contributed by atoms with Crippen LogP contribution in [0.1, 0.15) is 51.5 Å². The minimum atomic E-state index is -0.0545. The fraction of sp³-hybridized carbons (Fsp3) is 0.364. The van der Waals surface area contributed by atoms with Gasteiger partial charge in [-0.05, 0) is 36.6 Å². The van der Waals surface area contributed by atoms with Crippen molar-refractivity contribution in [2.75, 3.05) is 26.2 Å². The number of fused-ring (bicyclic) bond motifs is 1. The largest absolute Gasteiger partial charge is 0.492 e. The molecule has 140 valence electrons. The average molecular weight is 384 g/mol. The van der Waals surface area contributed by atoms with Crippen LogP contribution in [0.3, 0.4) is 0 Å². The lowest BCUT2D eigenvalue weighted by Crippen LogP contribution is -2.24. The lowest BCUT2D eigenvalue weighted by atomic mass is 9.98. The summed E-state index contributed by atoms with van der Waals surface area (Å²) in [5, 5.41) is 0.241. The number of hydrogen-bond acceptors (Lipinski definition) is 4. The first-order valence-electron chi connectivity index (χ1n) is 9.42. The summed E-state index contributed by atoms with van der Waals surface area (Å²) in [6.07, 6.45) is 1.82. The highest BCUT2D eigenvalue weighted by Crippen LogP contribution is 2.34. The summed E-state index contributed by atoms with van der Waals surface area (Å²) in [6.45, 7) is 3.05. The van der Waals surface area contributed by atoms with E-state index in [1.54, 1.807) is 12.1 Å². The van der Waals surface area contributed by atoms with Crippen molar-refractivity contribution in [3.05, 3.63) is 64.2 Å². The van der Waals surface area contributed by atoms with Crippen LogP contribution >= 0.6 is 11.6 Å². The molecular weight excluding hydrogens is 362 g/mol. The van der Waals surface area contributed by atoms with Gasteiger partial charge >= 0.3 is 0 Å². The quantitative estimate of drug-likeness (QED) is 0.719. The maximum Gasteiger partial charge on any atom is 0.171 e. The Morgan fingerprint density at radius 2 is 2.00 bits per heavy atom. The highest BCUT2D eigenvalue weighted by atomic mass is 35.5. The lowest BCUT2D eigenvalue weighted by molar-refractivity contribution is 0.0933. The van der Waals surface area contributed by atoms with Gasteiger partial charge in [-0.1, -0.05) is 41.9 Å². The van der Waals surface area contributed by atoms with Crippen LogP contribution in [0, 0.1) is 0 Å². The van der Waals surface area contributed by atoms with Gasteiger partial charge in [0.1, 0.15) is 5.75 Å². The van der Waals surface area contributed by atoms with E-state index in [0.29, 0.717) is 48.8 Å². The summed E-state index contributed by atoms with van der Waals surface area (Å²) < 4.78 is 5.48. The summed E-state index contributed by atoms with van der Waals surface area (Å²) in [6, 6.07) is 13.9. The molecule has 4 nitrogen and oxygen atoms in total. The predicted molar refractivity (Wildman–Crippen MR) is 105 cm³/mol. The van der Waals surface area contributed by atoms with E-state index in [0.717, 1.165) is 19.5 Å². The number of likely N-dealkylation sites (tertiary alicyclic amines) is 1. The minimum Gasteiger partial charge on any atom is -0.492 e. The second-order valence-electron chi connectivity index (χ2n) is 7.19. The number of nitrogens with zero attached hydrogens (tertiary/aromatic N) is 1. The molecule has 1 fully saturated rings. The van der Waals surface area contributed by atoms with Crippen molar-refractivity contribution in [2.45, 2.75) is 25.2 Å². The number of ketones is 2. The molecule has 1 saturated heterocycles. The topological polar surface area (TPSA) is 46.6 Å². The number of Topliss-reactive ketones (excluding diaryl/α,β-unsaturated/α-hetero) is 2. The Kier molecular flexibility index (Phi) is 5.28. The van der Waals surface area contributed by atoms with Gasteiger partial charge in [0.05, 0.1) is 17.2 Å². The van der Waals surface area contributed by atoms with Gasteiger partial charge in [-0.3, -0.25) is 9.59 Å². The number of benzene rings is 2. The van der Waals surface area contributed by atoms with Crippen LogP contribution in [-0.2, 0) is 0 Å².